The van der Waals surface area contributed by atoms with Crippen molar-refractivity contribution in [3.63, 3.8) is 0 Å². The van der Waals surface area contributed by atoms with Crippen molar-refractivity contribution < 1.29 is 15.1 Å². The zero-order chi connectivity index (χ0) is 16.6. The minimum atomic E-state index is -0.821. The van der Waals surface area contributed by atoms with E-state index in [1.54, 1.807) is 30.3 Å². The number of benzene rings is 2. The van der Waals surface area contributed by atoms with Crippen molar-refractivity contribution in [3.8, 4) is 33.9 Å². The molecule has 4 N–H and O–H groups in total. The van der Waals surface area contributed by atoms with Gasteiger partial charge in [-0.1, -0.05) is 30.3 Å². The first-order valence-corrected chi connectivity index (χ1v) is 6.56. The Morgan fingerprint density at radius 3 is 2.29 bits per heavy atom. The molecule has 24 heavy (non-hydrogen) atoms. The summed E-state index contributed by atoms with van der Waals surface area (Å²) in [6, 6.07) is 11.0. The molecule has 0 saturated carbocycles. The summed E-state index contributed by atoms with van der Waals surface area (Å²) in [5.74, 6) is -1.46. The van der Waals surface area contributed by atoms with E-state index in [4.69, 9.17) is 0 Å². The second-order valence-electron chi connectivity index (χ2n) is 4.82. The Balaban J connectivity index is 0.00000208. The van der Waals surface area contributed by atoms with Crippen LogP contribution in [0.15, 0.2) is 47.3 Å². The van der Waals surface area contributed by atoms with Gasteiger partial charge in [-0.25, -0.2) is 0 Å². The highest BCUT2D eigenvalue weighted by Gasteiger charge is 2.22. The van der Waals surface area contributed by atoms with E-state index in [2.05, 4.69) is 10.2 Å². The van der Waals surface area contributed by atoms with Gasteiger partial charge >= 0.3 is 5.69 Å². The summed E-state index contributed by atoms with van der Waals surface area (Å²) in [6.07, 6.45) is 0. The Morgan fingerprint density at radius 2 is 1.67 bits per heavy atom. The molecule has 0 atom stereocenters. The highest BCUT2D eigenvalue weighted by Crippen LogP contribution is 2.40. The topological polar surface area (TPSA) is 132 Å². The molecular formula is C15H12BrN3O5. The number of phenols is 2. The summed E-state index contributed by atoms with van der Waals surface area (Å²) in [7, 11) is 0. The van der Waals surface area contributed by atoms with Gasteiger partial charge in [-0.15, -0.1) is 17.0 Å². The fourth-order valence-corrected chi connectivity index (χ4v) is 2.34. The van der Waals surface area contributed by atoms with Crippen molar-refractivity contribution >= 4 is 22.7 Å². The molecule has 0 spiro atoms. The first kappa shape index (κ1) is 17.3. The normalized spacial score (nSPS) is 10.2. The minimum absolute atomic E-state index is 0. The molecule has 0 unspecified atom stereocenters. The number of aromatic amines is 2. The standard InChI is InChI=1S/C15H11N3O5.BrH/c19-11-7-9(6-10(14(11)20)18(22)23)13-12(15(21)17-16-13)8-4-2-1-3-5-8;/h1-7,19-20H,(H2,16,17,21);1H. The number of hydrogen-bond donors (Lipinski definition) is 4. The summed E-state index contributed by atoms with van der Waals surface area (Å²) in [5, 5.41) is 35.3. The summed E-state index contributed by atoms with van der Waals surface area (Å²) in [6.45, 7) is 0. The molecule has 3 rings (SSSR count). The molecule has 1 heterocycles. The van der Waals surface area contributed by atoms with E-state index in [-0.39, 0.29) is 33.8 Å². The van der Waals surface area contributed by atoms with Crippen LogP contribution in [0.1, 0.15) is 0 Å². The molecule has 0 amide bonds. The van der Waals surface area contributed by atoms with Crippen molar-refractivity contribution in [3.05, 3.63) is 62.9 Å². The van der Waals surface area contributed by atoms with Gasteiger partial charge in [-0.2, -0.15) is 0 Å². The number of nitrogens with one attached hydrogen (secondary N) is 2. The highest BCUT2D eigenvalue weighted by molar-refractivity contribution is 8.93. The van der Waals surface area contributed by atoms with Crippen LogP contribution in [-0.4, -0.2) is 25.3 Å². The molecule has 9 heteroatoms. The van der Waals surface area contributed by atoms with Crippen molar-refractivity contribution in [2.75, 3.05) is 0 Å². The Labute approximate surface area is 145 Å². The Kier molecular flexibility index (Phi) is 4.74. The first-order valence-electron chi connectivity index (χ1n) is 6.56. The number of nitro benzene ring substituents is 1. The predicted molar refractivity (Wildman–Crippen MR) is 92.6 cm³/mol. The molecule has 124 valence electrons. The molecule has 0 aliphatic carbocycles. The lowest BCUT2D eigenvalue weighted by molar-refractivity contribution is -0.385. The van der Waals surface area contributed by atoms with Crippen LogP contribution in [0, 0.1) is 10.1 Å². The predicted octanol–water partition coefficient (Wildman–Crippen LogP) is 2.93. The largest absolute Gasteiger partial charge is 0.504 e. The maximum absolute atomic E-state index is 12.1. The molecule has 0 aliphatic heterocycles. The van der Waals surface area contributed by atoms with Crippen LogP contribution in [-0.2, 0) is 0 Å². The minimum Gasteiger partial charge on any atom is -0.504 e. The van der Waals surface area contributed by atoms with Gasteiger partial charge in [0.25, 0.3) is 5.56 Å². The number of rotatable bonds is 3. The summed E-state index contributed by atoms with van der Waals surface area (Å²) < 4.78 is 0. The second-order valence-corrected chi connectivity index (χ2v) is 4.82. The molecule has 1 aromatic heterocycles. The zero-order valence-corrected chi connectivity index (χ0v) is 13.7. The van der Waals surface area contributed by atoms with Crippen LogP contribution in [0.2, 0.25) is 0 Å². The lowest BCUT2D eigenvalue weighted by Gasteiger charge is -2.06. The highest BCUT2D eigenvalue weighted by atomic mass is 79.9. The second kappa shape index (κ2) is 6.59. The van der Waals surface area contributed by atoms with E-state index in [9.17, 15) is 25.1 Å². The Morgan fingerprint density at radius 1 is 1.00 bits per heavy atom. The van der Waals surface area contributed by atoms with E-state index in [1.165, 1.54) is 0 Å². The van der Waals surface area contributed by atoms with Crippen LogP contribution in [0.3, 0.4) is 0 Å². The van der Waals surface area contributed by atoms with E-state index < -0.39 is 27.7 Å². The molecule has 3 aromatic rings. The number of phenolic OH excluding ortho intramolecular Hbond substituents is 2. The third kappa shape index (κ3) is 2.88. The summed E-state index contributed by atoms with van der Waals surface area (Å²) in [5.41, 5.74) is 0.316. The number of hydrogen-bond acceptors (Lipinski definition) is 5. The van der Waals surface area contributed by atoms with Gasteiger partial charge in [0.15, 0.2) is 5.75 Å². The molecule has 2 aromatic carbocycles. The first-order chi connectivity index (χ1) is 11.0. The van der Waals surface area contributed by atoms with E-state index in [0.717, 1.165) is 12.1 Å². The lowest BCUT2D eigenvalue weighted by atomic mass is 10.0. The van der Waals surface area contributed by atoms with Crippen LogP contribution in [0.5, 0.6) is 11.5 Å². The van der Waals surface area contributed by atoms with Crippen LogP contribution in [0.4, 0.5) is 5.69 Å². The summed E-state index contributed by atoms with van der Waals surface area (Å²) >= 11 is 0. The fraction of sp³-hybridized carbons (Fsp3) is 0. The molecule has 0 bridgehead atoms. The van der Waals surface area contributed by atoms with E-state index in [1.807, 2.05) is 0 Å². The van der Waals surface area contributed by atoms with Crippen LogP contribution >= 0.6 is 17.0 Å². The van der Waals surface area contributed by atoms with Gasteiger partial charge in [0.2, 0.25) is 5.75 Å². The van der Waals surface area contributed by atoms with Crippen molar-refractivity contribution in [2.24, 2.45) is 0 Å². The number of nitro groups is 1. The average Bonchev–Trinajstić information content (AvgIpc) is 2.92. The molecular weight excluding hydrogens is 382 g/mol. The van der Waals surface area contributed by atoms with Gasteiger partial charge in [-0.05, 0) is 11.6 Å². The third-order valence-electron chi connectivity index (χ3n) is 3.40. The van der Waals surface area contributed by atoms with Gasteiger partial charge in [0.1, 0.15) is 0 Å². The molecule has 0 fully saturated rings. The number of halogens is 1. The lowest BCUT2D eigenvalue weighted by Crippen LogP contribution is -2.01. The third-order valence-corrected chi connectivity index (χ3v) is 3.40. The molecule has 0 radical (unpaired) electrons. The van der Waals surface area contributed by atoms with Crippen molar-refractivity contribution in [1.82, 2.24) is 10.2 Å². The van der Waals surface area contributed by atoms with Crippen molar-refractivity contribution in [2.45, 2.75) is 0 Å². The molecule has 8 nitrogen and oxygen atoms in total. The maximum atomic E-state index is 12.1. The van der Waals surface area contributed by atoms with Crippen LogP contribution in [0.25, 0.3) is 22.4 Å². The zero-order valence-electron chi connectivity index (χ0n) is 12.0. The smallest absolute Gasteiger partial charge is 0.315 e. The molecule has 0 aliphatic rings. The molecule has 0 saturated heterocycles. The van der Waals surface area contributed by atoms with Gasteiger partial charge < -0.3 is 10.2 Å². The number of nitrogens with zero attached hydrogens (tertiary/aromatic N) is 1. The van der Waals surface area contributed by atoms with Gasteiger partial charge in [0, 0.05) is 11.6 Å². The number of aromatic nitrogens is 2. The van der Waals surface area contributed by atoms with Crippen LogP contribution < -0.4 is 5.56 Å². The Hall–Kier alpha value is -3.07. The quantitative estimate of drug-likeness (QED) is 0.308. The van der Waals surface area contributed by atoms with E-state index >= 15 is 0 Å². The SMILES string of the molecule is Br.O=c1[nH][nH]c(-c2cc(O)c(O)c([N+](=O)[O-])c2)c1-c1ccccc1. The maximum Gasteiger partial charge on any atom is 0.315 e. The average molecular weight is 394 g/mol. The summed E-state index contributed by atoms with van der Waals surface area (Å²) in [4.78, 5) is 22.2. The number of aromatic hydroxyl groups is 2. The fourth-order valence-electron chi connectivity index (χ4n) is 2.34. The van der Waals surface area contributed by atoms with Gasteiger partial charge in [-0.3, -0.25) is 25.1 Å². The van der Waals surface area contributed by atoms with Gasteiger partial charge in [0.05, 0.1) is 16.2 Å². The number of H-pyrrole nitrogens is 2. The van der Waals surface area contributed by atoms with E-state index in [0.29, 0.717) is 5.56 Å². The Bertz CT molecular complexity index is 949. The van der Waals surface area contributed by atoms with Crippen molar-refractivity contribution in [1.29, 1.82) is 0 Å². The monoisotopic (exact) mass is 393 g/mol.